The van der Waals surface area contributed by atoms with Gasteiger partial charge in [0.25, 0.3) is 0 Å². The van der Waals surface area contributed by atoms with E-state index in [9.17, 15) is 4.79 Å². The normalized spacial score (nSPS) is 13.4. The highest BCUT2D eigenvalue weighted by molar-refractivity contribution is 6.30. The molecule has 4 heteroatoms. The molecule has 0 saturated carbocycles. The molecule has 2 N–H and O–H groups in total. The van der Waals surface area contributed by atoms with Crippen molar-refractivity contribution in [1.82, 2.24) is 5.32 Å². The van der Waals surface area contributed by atoms with E-state index in [4.69, 9.17) is 11.6 Å². The number of anilines is 1. The number of benzene rings is 3. The molecule has 0 bridgehead atoms. The summed E-state index contributed by atoms with van der Waals surface area (Å²) in [6, 6.07) is 21.4. The zero-order valence-electron chi connectivity index (χ0n) is 14.3. The lowest BCUT2D eigenvalue weighted by atomic mass is 10.1. The first kappa shape index (κ1) is 17.5. The van der Waals surface area contributed by atoms with Crippen molar-refractivity contribution in [2.75, 3.05) is 5.32 Å². The number of amides is 1. The molecular formula is C21H21ClN2O. The summed E-state index contributed by atoms with van der Waals surface area (Å²) in [6.45, 7) is 3.88. The maximum atomic E-state index is 12.5. The Balaban J connectivity index is 1.65. The molecule has 2 unspecified atom stereocenters. The van der Waals surface area contributed by atoms with Gasteiger partial charge in [-0.3, -0.25) is 10.1 Å². The zero-order valence-corrected chi connectivity index (χ0v) is 15.0. The van der Waals surface area contributed by atoms with Gasteiger partial charge in [-0.2, -0.15) is 0 Å². The summed E-state index contributed by atoms with van der Waals surface area (Å²) in [7, 11) is 0. The molecule has 0 aliphatic heterocycles. The average molecular weight is 353 g/mol. The monoisotopic (exact) mass is 352 g/mol. The lowest BCUT2D eigenvalue weighted by Gasteiger charge is -2.20. The molecular weight excluding hydrogens is 332 g/mol. The molecule has 128 valence electrons. The fraction of sp³-hybridized carbons (Fsp3) is 0.190. The second-order valence-corrected chi connectivity index (χ2v) is 6.65. The lowest BCUT2D eigenvalue weighted by Crippen LogP contribution is -2.39. The van der Waals surface area contributed by atoms with Crippen LogP contribution in [-0.4, -0.2) is 11.9 Å². The van der Waals surface area contributed by atoms with Gasteiger partial charge in [-0.05, 0) is 54.4 Å². The van der Waals surface area contributed by atoms with E-state index >= 15 is 0 Å². The Morgan fingerprint density at radius 2 is 1.68 bits per heavy atom. The van der Waals surface area contributed by atoms with Gasteiger partial charge in [0.15, 0.2) is 0 Å². The number of hydrogen-bond donors (Lipinski definition) is 2. The second kappa shape index (κ2) is 7.68. The molecule has 0 saturated heterocycles. The van der Waals surface area contributed by atoms with Crippen LogP contribution >= 0.6 is 11.6 Å². The summed E-state index contributed by atoms with van der Waals surface area (Å²) < 4.78 is 0. The van der Waals surface area contributed by atoms with Crippen LogP contribution in [0.1, 0.15) is 25.5 Å². The van der Waals surface area contributed by atoms with Crippen molar-refractivity contribution in [3.8, 4) is 0 Å². The number of nitrogens with one attached hydrogen (secondary N) is 2. The van der Waals surface area contributed by atoms with E-state index in [-0.39, 0.29) is 18.0 Å². The Labute approximate surface area is 153 Å². The molecule has 2 atom stereocenters. The summed E-state index contributed by atoms with van der Waals surface area (Å²) >= 11 is 6.04. The van der Waals surface area contributed by atoms with E-state index in [1.807, 2.05) is 74.5 Å². The van der Waals surface area contributed by atoms with Crippen molar-refractivity contribution >= 4 is 34.0 Å². The van der Waals surface area contributed by atoms with E-state index in [0.29, 0.717) is 5.02 Å². The van der Waals surface area contributed by atoms with Gasteiger partial charge in [-0.15, -0.1) is 0 Å². The molecule has 0 fully saturated rings. The topological polar surface area (TPSA) is 41.1 Å². The third kappa shape index (κ3) is 4.38. The standard InChI is InChI=1S/C21H21ClN2O/c1-14(17-8-5-9-19(22)12-17)23-15(2)21(25)24-20-11-10-16-6-3-4-7-18(16)13-20/h3-15,23H,1-2H3,(H,24,25). The van der Waals surface area contributed by atoms with Gasteiger partial charge in [-0.25, -0.2) is 0 Å². The van der Waals surface area contributed by atoms with Gasteiger partial charge in [0.1, 0.15) is 0 Å². The first-order valence-electron chi connectivity index (χ1n) is 8.34. The molecule has 0 spiro atoms. The van der Waals surface area contributed by atoms with Crippen molar-refractivity contribution in [3.05, 3.63) is 77.3 Å². The molecule has 3 aromatic rings. The van der Waals surface area contributed by atoms with Gasteiger partial charge in [-0.1, -0.05) is 54.1 Å². The number of carbonyl (C=O) groups is 1. The highest BCUT2D eigenvalue weighted by Crippen LogP contribution is 2.20. The smallest absolute Gasteiger partial charge is 0.241 e. The van der Waals surface area contributed by atoms with Crippen LogP contribution < -0.4 is 10.6 Å². The number of rotatable bonds is 5. The van der Waals surface area contributed by atoms with Crippen LogP contribution in [0.15, 0.2) is 66.7 Å². The van der Waals surface area contributed by atoms with Gasteiger partial charge in [0, 0.05) is 16.8 Å². The molecule has 0 aromatic heterocycles. The summed E-state index contributed by atoms with van der Waals surface area (Å²) in [6.07, 6.45) is 0. The zero-order chi connectivity index (χ0) is 17.8. The van der Waals surface area contributed by atoms with Gasteiger partial charge >= 0.3 is 0 Å². The van der Waals surface area contributed by atoms with Gasteiger partial charge in [0.2, 0.25) is 5.91 Å². The average Bonchev–Trinajstić information content (AvgIpc) is 2.61. The third-order valence-corrected chi connectivity index (χ3v) is 4.49. The summed E-state index contributed by atoms with van der Waals surface area (Å²) in [5, 5.41) is 9.24. The largest absolute Gasteiger partial charge is 0.325 e. The Hall–Kier alpha value is -2.36. The minimum Gasteiger partial charge on any atom is -0.325 e. The third-order valence-electron chi connectivity index (χ3n) is 4.26. The maximum Gasteiger partial charge on any atom is 0.241 e. The van der Waals surface area contributed by atoms with E-state index < -0.39 is 0 Å². The maximum absolute atomic E-state index is 12.5. The highest BCUT2D eigenvalue weighted by Gasteiger charge is 2.16. The van der Waals surface area contributed by atoms with Crippen LogP contribution in [0.3, 0.4) is 0 Å². The second-order valence-electron chi connectivity index (χ2n) is 6.22. The Morgan fingerprint density at radius 3 is 2.44 bits per heavy atom. The van der Waals surface area contributed by atoms with Crippen LogP contribution in [0.2, 0.25) is 5.02 Å². The predicted molar refractivity (Wildman–Crippen MR) is 105 cm³/mol. The van der Waals surface area contributed by atoms with Crippen LogP contribution in [0.25, 0.3) is 10.8 Å². The number of fused-ring (bicyclic) bond motifs is 1. The minimum absolute atomic E-state index is 0.0241. The Kier molecular flexibility index (Phi) is 5.37. The molecule has 25 heavy (non-hydrogen) atoms. The number of hydrogen-bond acceptors (Lipinski definition) is 2. The van der Waals surface area contributed by atoms with Crippen molar-refractivity contribution in [3.63, 3.8) is 0 Å². The Morgan fingerprint density at radius 1 is 0.920 bits per heavy atom. The van der Waals surface area contributed by atoms with Crippen LogP contribution in [-0.2, 0) is 4.79 Å². The quantitative estimate of drug-likeness (QED) is 0.665. The number of carbonyl (C=O) groups excluding carboxylic acids is 1. The molecule has 1 amide bonds. The molecule has 3 aromatic carbocycles. The van der Waals surface area contributed by atoms with Crippen LogP contribution in [0.5, 0.6) is 0 Å². The highest BCUT2D eigenvalue weighted by atomic mass is 35.5. The first-order chi connectivity index (χ1) is 12.0. The lowest BCUT2D eigenvalue weighted by molar-refractivity contribution is -0.117. The molecule has 0 aliphatic rings. The summed E-state index contributed by atoms with van der Waals surface area (Å²) in [4.78, 5) is 12.5. The molecule has 3 nitrogen and oxygen atoms in total. The predicted octanol–water partition coefficient (Wildman–Crippen LogP) is 5.17. The molecule has 3 rings (SSSR count). The summed E-state index contributed by atoms with van der Waals surface area (Å²) in [5.41, 5.74) is 1.85. The molecule has 0 radical (unpaired) electrons. The van der Waals surface area contributed by atoms with Gasteiger partial charge in [0.05, 0.1) is 6.04 Å². The van der Waals surface area contributed by atoms with E-state index in [2.05, 4.69) is 16.7 Å². The summed E-state index contributed by atoms with van der Waals surface area (Å²) in [5.74, 6) is -0.0656. The van der Waals surface area contributed by atoms with Crippen LogP contribution in [0.4, 0.5) is 5.69 Å². The first-order valence-corrected chi connectivity index (χ1v) is 8.72. The van der Waals surface area contributed by atoms with Crippen molar-refractivity contribution in [1.29, 1.82) is 0 Å². The van der Waals surface area contributed by atoms with Crippen molar-refractivity contribution in [2.45, 2.75) is 25.9 Å². The van der Waals surface area contributed by atoms with E-state index in [1.165, 1.54) is 0 Å². The van der Waals surface area contributed by atoms with E-state index in [1.54, 1.807) is 0 Å². The van der Waals surface area contributed by atoms with Crippen molar-refractivity contribution < 1.29 is 4.79 Å². The number of halogens is 1. The fourth-order valence-corrected chi connectivity index (χ4v) is 3.04. The molecule has 0 aliphatic carbocycles. The van der Waals surface area contributed by atoms with E-state index in [0.717, 1.165) is 22.0 Å². The van der Waals surface area contributed by atoms with Crippen LogP contribution in [0, 0.1) is 0 Å². The van der Waals surface area contributed by atoms with Crippen molar-refractivity contribution in [2.24, 2.45) is 0 Å². The van der Waals surface area contributed by atoms with Gasteiger partial charge < -0.3 is 5.32 Å². The minimum atomic E-state index is -0.333. The Bertz CT molecular complexity index is 894. The fourth-order valence-electron chi connectivity index (χ4n) is 2.84. The SMILES string of the molecule is CC(NC(C)c1cccc(Cl)c1)C(=O)Nc1ccc2ccccc2c1. The molecule has 0 heterocycles.